The largest absolute Gasteiger partial charge is 0.333 e. The molecule has 0 atom stereocenters. The Hall–Kier alpha value is -1.74. The van der Waals surface area contributed by atoms with Crippen LogP contribution in [-0.4, -0.2) is 9.85 Å². The summed E-state index contributed by atoms with van der Waals surface area (Å²) in [7, 11) is 0. The van der Waals surface area contributed by atoms with E-state index in [1.165, 1.54) is 0 Å². The first-order chi connectivity index (χ1) is 6.06. The number of anilines is 1. The molecule has 0 unspecified atom stereocenters. The molecular weight excluding hydrogens is 200 g/mol. The number of nitrogens with two attached hydrogens (primary N) is 1. The Morgan fingerprint density at radius 2 is 2.00 bits per heavy atom. The van der Waals surface area contributed by atoms with E-state index in [1.807, 2.05) is 5.43 Å². The number of nitrogens with zero attached hydrogens (tertiary/aromatic N) is 2. The number of nitrogen functional groups attached to an aromatic ring is 1. The number of nitrogens with one attached hydrogen (secondary N) is 1. The summed E-state index contributed by atoms with van der Waals surface area (Å²) in [6.07, 6.45) is 0. The number of nitro groups is 2. The van der Waals surface area contributed by atoms with E-state index in [0.29, 0.717) is 11.3 Å². The molecule has 1 heterocycles. The van der Waals surface area contributed by atoms with Gasteiger partial charge in [-0.1, -0.05) is 0 Å². The third-order valence-electron chi connectivity index (χ3n) is 1.21. The van der Waals surface area contributed by atoms with E-state index in [4.69, 9.17) is 5.84 Å². The number of hydrogen-bond acceptors (Lipinski definition) is 7. The number of thiophene rings is 1. The summed E-state index contributed by atoms with van der Waals surface area (Å²) >= 11 is 0.619. The van der Waals surface area contributed by atoms with E-state index >= 15 is 0 Å². The van der Waals surface area contributed by atoms with Crippen LogP contribution >= 0.6 is 11.3 Å². The Kier molecular flexibility index (Phi) is 2.39. The van der Waals surface area contributed by atoms with Gasteiger partial charge in [-0.2, -0.15) is 0 Å². The van der Waals surface area contributed by atoms with E-state index in [-0.39, 0.29) is 15.7 Å². The van der Waals surface area contributed by atoms with Gasteiger partial charge in [-0.3, -0.25) is 20.2 Å². The molecule has 0 saturated heterocycles. The monoisotopic (exact) mass is 204 g/mol. The second-order valence-electron chi connectivity index (χ2n) is 1.96. The fourth-order valence-corrected chi connectivity index (χ4v) is 1.45. The topological polar surface area (TPSA) is 124 Å². The second kappa shape index (κ2) is 3.33. The maximum Gasteiger partial charge on any atom is 0.333 e. The zero-order chi connectivity index (χ0) is 10.0. The highest BCUT2D eigenvalue weighted by Crippen LogP contribution is 2.38. The molecule has 9 heteroatoms. The van der Waals surface area contributed by atoms with Crippen LogP contribution in [0.1, 0.15) is 0 Å². The molecule has 0 aliphatic carbocycles. The quantitative estimate of drug-likeness (QED) is 0.427. The zero-order valence-corrected chi connectivity index (χ0v) is 6.91. The lowest BCUT2D eigenvalue weighted by Gasteiger charge is -1.90. The summed E-state index contributed by atoms with van der Waals surface area (Å²) in [6.45, 7) is 0. The molecule has 0 aliphatic rings. The lowest BCUT2D eigenvalue weighted by Crippen LogP contribution is -2.06. The first-order valence-electron chi connectivity index (χ1n) is 2.95. The summed E-state index contributed by atoms with van der Waals surface area (Å²) in [6, 6.07) is 0.861. The summed E-state index contributed by atoms with van der Waals surface area (Å²) in [5, 5.41) is 20.2. The first kappa shape index (κ1) is 9.35. The molecule has 8 nitrogen and oxygen atoms in total. The molecule has 0 bridgehead atoms. The van der Waals surface area contributed by atoms with E-state index < -0.39 is 9.85 Å². The van der Waals surface area contributed by atoms with Gasteiger partial charge < -0.3 is 5.43 Å². The predicted octanol–water partition coefficient (Wildman–Crippen LogP) is 0.850. The molecule has 0 radical (unpaired) electrons. The maximum absolute atomic E-state index is 10.3. The van der Waals surface area contributed by atoms with Gasteiger partial charge in [0.2, 0.25) is 0 Å². The lowest BCUT2D eigenvalue weighted by molar-refractivity contribution is -0.389. The van der Waals surface area contributed by atoms with Crippen LogP contribution in [0.15, 0.2) is 6.07 Å². The smallest absolute Gasteiger partial charge is 0.310 e. The van der Waals surface area contributed by atoms with Crippen molar-refractivity contribution in [1.29, 1.82) is 0 Å². The van der Waals surface area contributed by atoms with Crippen LogP contribution in [0.5, 0.6) is 0 Å². The Bertz CT molecular complexity index is 361. The Morgan fingerprint density at radius 1 is 1.38 bits per heavy atom. The molecule has 0 spiro atoms. The Balaban J connectivity index is 3.19. The van der Waals surface area contributed by atoms with E-state index in [9.17, 15) is 20.2 Å². The average Bonchev–Trinajstić information content (AvgIpc) is 2.47. The van der Waals surface area contributed by atoms with E-state index in [0.717, 1.165) is 6.07 Å². The van der Waals surface area contributed by atoms with E-state index in [1.54, 1.807) is 0 Å². The van der Waals surface area contributed by atoms with Gasteiger partial charge in [0.05, 0.1) is 9.85 Å². The molecule has 0 aliphatic heterocycles. The minimum Gasteiger partial charge on any atom is -0.310 e. The molecule has 0 aromatic carbocycles. The van der Waals surface area contributed by atoms with Crippen LogP contribution in [0.2, 0.25) is 0 Å². The van der Waals surface area contributed by atoms with Gasteiger partial charge in [-0.05, 0) is 11.3 Å². The van der Waals surface area contributed by atoms with Crippen molar-refractivity contribution in [2.24, 2.45) is 5.84 Å². The summed E-state index contributed by atoms with van der Waals surface area (Å²) in [5.74, 6) is 4.94. The van der Waals surface area contributed by atoms with Gasteiger partial charge in [-0.25, -0.2) is 5.84 Å². The van der Waals surface area contributed by atoms with Crippen molar-refractivity contribution < 1.29 is 9.85 Å². The highest BCUT2D eigenvalue weighted by atomic mass is 32.1. The van der Waals surface area contributed by atoms with Crippen molar-refractivity contribution in [3.8, 4) is 0 Å². The molecular formula is C4H4N4O4S. The van der Waals surface area contributed by atoms with Gasteiger partial charge >= 0.3 is 10.7 Å². The molecule has 1 aromatic heterocycles. The van der Waals surface area contributed by atoms with Gasteiger partial charge in [0.15, 0.2) is 5.00 Å². The molecule has 70 valence electrons. The predicted molar refractivity (Wildman–Crippen MR) is 45.4 cm³/mol. The lowest BCUT2D eigenvalue weighted by atomic mass is 10.5. The van der Waals surface area contributed by atoms with Gasteiger partial charge in [0, 0.05) is 0 Å². The summed E-state index contributed by atoms with van der Waals surface area (Å²) in [4.78, 5) is 19.1. The van der Waals surface area contributed by atoms with Crippen molar-refractivity contribution in [3.63, 3.8) is 0 Å². The van der Waals surface area contributed by atoms with Crippen LogP contribution in [0.3, 0.4) is 0 Å². The Morgan fingerprint density at radius 3 is 2.31 bits per heavy atom. The first-order valence-corrected chi connectivity index (χ1v) is 3.77. The standard InChI is InChI=1S/C4H4N4O4S/c5-6-4-2(7(9)10)1-3(13-4)8(11)12/h1,6H,5H2. The molecule has 13 heavy (non-hydrogen) atoms. The number of rotatable bonds is 3. The normalized spacial score (nSPS) is 9.62. The fourth-order valence-electron chi connectivity index (χ4n) is 0.698. The molecule has 0 amide bonds. The van der Waals surface area contributed by atoms with Crippen LogP contribution in [-0.2, 0) is 0 Å². The summed E-state index contributed by atoms with van der Waals surface area (Å²) < 4.78 is 0. The van der Waals surface area contributed by atoms with Crippen LogP contribution in [0.25, 0.3) is 0 Å². The van der Waals surface area contributed by atoms with Crippen molar-refractivity contribution in [2.45, 2.75) is 0 Å². The molecule has 0 saturated carbocycles. The highest BCUT2D eigenvalue weighted by Gasteiger charge is 2.24. The third kappa shape index (κ3) is 1.71. The van der Waals surface area contributed by atoms with Gasteiger partial charge in [0.1, 0.15) is 6.07 Å². The van der Waals surface area contributed by atoms with Crippen molar-refractivity contribution >= 4 is 27.0 Å². The van der Waals surface area contributed by atoms with Gasteiger partial charge in [-0.15, -0.1) is 0 Å². The van der Waals surface area contributed by atoms with Crippen molar-refractivity contribution in [2.75, 3.05) is 5.43 Å². The van der Waals surface area contributed by atoms with Crippen LogP contribution < -0.4 is 11.3 Å². The molecule has 1 rings (SSSR count). The average molecular weight is 204 g/mol. The van der Waals surface area contributed by atoms with Gasteiger partial charge in [0.25, 0.3) is 0 Å². The highest BCUT2D eigenvalue weighted by molar-refractivity contribution is 7.19. The van der Waals surface area contributed by atoms with Crippen molar-refractivity contribution in [1.82, 2.24) is 0 Å². The minimum absolute atomic E-state index is 0.0308. The van der Waals surface area contributed by atoms with Crippen LogP contribution in [0, 0.1) is 20.2 Å². The number of hydrogen-bond donors (Lipinski definition) is 2. The summed E-state index contributed by atoms with van der Waals surface area (Å²) in [5.41, 5.74) is 1.63. The molecule has 3 N–H and O–H groups in total. The zero-order valence-electron chi connectivity index (χ0n) is 6.09. The Labute approximate surface area is 75.2 Å². The second-order valence-corrected chi connectivity index (χ2v) is 2.99. The maximum atomic E-state index is 10.3. The molecule has 1 aromatic rings. The van der Waals surface area contributed by atoms with Crippen LogP contribution in [0.4, 0.5) is 15.7 Å². The SMILES string of the molecule is NNc1sc([N+](=O)[O-])cc1[N+](=O)[O-]. The van der Waals surface area contributed by atoms with E-state index in [2.05, 4.69) is 0 Å². The third-order valence-corrected chi connectivity index (χ3v) is 2.21. The number of hydrazine groups is 1. The fraction of sp³-hybridized carbons (Fsp3) is 0. The van der Waals surface area contributed by atoms with Crippen molar-refractivity contribution in [3.05, 3.63) is 26.3 Å². The molecule has 0 fully saturated rings. The minimum atomic E-state index is -0.737.